The largest absolute Gasteiger partial charge is 0.507 e. The van der Waals surface area contributed by atoms with Gasteiger partial charge in [-0.2, -0.15) is 5.10 Å². The molecule has 138 valence electrons. The number of carbonyl (C=O) groups excluding carboxylic acids is 2. The molecule has 0 amide bonds. The summed E-state index contributed by atoms with van der Waals surface area (Å²) in [6.07, 6.45) is 0. The first-order valence-corrected chi connectivity index (χ1v) is 8.20. The van der Waals surface area contributed by atoms with E-state index in [0.29, 0.717) is 5.69 Å². The van der Waals surface area contributed by atoms with E-state index in [1.54, 1.807) is 36.4 Å². The van der Waals surface area contributed by atoms with E-state index in [4.69, 9.17) is 21.1 Å². The van der Waals surface area contributed by atoms with E-state index in [9.17, 15) is 14.7 Å². The molecule has 3 aromatic rings. The Kier molecular flexibility index (Phi) is 5.14. The number of esters is 2. The molecule has 3 rings (SSSR count). The van der Waals surface area contributed by atoms with Crippen LogP contribution in [-0.2, 0) is 9.47 Å². The molecule has 2 aromatic carbocycles. The average molecular weight is 387 g/mol. The van der Waals surface area contributed by atoms with E-state index < -0.39 is 11.9 Å². The minimum atomic E-state index is -0.813. The molecule has 7 nitrogen and oxygen atoms in total. The molecule has 0 unspecified atom stereocenters. The fraction of sp³-hybridized carbons (Fsp3) is 0.105. The van der Waals surface area contributed by atoms with Crippen molar-refractivity contribution in [2.75, 3.05) is 14.2 Å². The zero-order chi connectivity index (χ0) is 19.6. The lowest BCUT2D eigenvalue weighted by molar-refractivity contribution is 0.0549. The van der Waals surface area contributed by atoms with E-state index in [0.717, 1.165) is 0 Å². The summed E-state index contributed by atoms with van der Waals surface area (Å²) in [4.78, 5) is 25.0. The average Bonchev–Trinajstić information content (AvgIpc) is 3.07. The Morgan fingerprint density at radius 3 is 2.26 bits per heavy atom. The van der Waals surface area contributed by atoms with Crippen LogP contribution in [0.3, 0.4) is 0 Å². The second kappa shape index (κ2) is 7.51. The lowest BCUT2D eigenvalue weighted by Crippen LogP contribution is -2.15. The molecule has 27 heavy (non-hydrogen) atoms. The minimum absolute atomic E-state index is 0.00852. The minimum Gasteiger partial charge on any atom is -0.507 e. The number of nitrogens with zero attached hydrogens (tertiary/aromatic N) is 2. The molecule has 0 saturated heterocycles. The Balaban J connectivity index is 2.42. The van der Waals surface area contributed by atoms with Crippen LogP contribution in [0.1, 0.15) is 20.8 Å². The second-order valence-electron chi connectivity index (χ2n) is 5.44. The number of aromatic hydroxyl groups is 1. The van der Waals surface area contributed by atoms with Gasteiger partial charge in [0.05, 0.1) is 30.5 Å². The topological polar surface area (TPSA) is 90.6 Å². The van der Waals surface area contributed by atoms with Gasteiger partial charge in [0.15, 0.2) is 5.69 Å². The predicted molar refractivity (Wildman–Crippen MR) is 98.4 cm³/mol. The summed E-state index contributed by atoms with van der Waals surface area (Å²) in [6, 6.07) is 13.2. The van der Waals surface area contributed by atoms with Crippen molar-refractivity contribution in [3.05, 3.63) is 64.8 Å². The standard InChI is InChI=1S/C19H15ClN2O5/c1-26-18(24)15-16(14-12(20)9-6-10-13(14)23)21-22(17(15)19(25)27-2)11-7-4-3-5-8-11/h3-10,23H,1-2H3. The molecule has 0 atom stereocenters. The number of ether oxygens (including phenoxy) is 2. The molecule has 8 heteroatoms. The maximum atomic E-state index is 12.5. The van der Waals surface area contributed by atoms with Crippen LogP contribution >= 0.6 is 11.6 Å². The number of hydrogen-bond acceptors (Lipinski definition) is 6. The van der Waals surface area contributed by atoms with E-state index in [-0.39, 0.29) is 33.3 Å². The summed E-state index contributed by atoms with van der Waals surface area (Å²) < 4.78 is 10.9. The summed E-state index contributed by atoms with van der Waals surface area (Å²) in [5.74, 6) is -1.79. The summed E-state index contributed by atoms with van der Waals surface area (Å²) in [6.45, 7) is 0. The third kappa shape index (κ3) is 3.24. The molecule has 0 radical (unpaired) electrons. The van der Waals surface area contributed by atoms with Gasteiger partial charge in [-0.25, -0.2) is 14.3 Å². The number of carbonyl (C=O) groups is 2. The number of methoxy groups -OCH3 is 2. The maximum Gasteiger partial charge on any atom is 0.357 e. The van der Waals surface area contributed by atoms with E-state index in [1.165, 1.54) is 31.0 Å². The van der Waals surface area contributed by atoms with Crippen LogP contribution in [0.15, 0.2) is 48.5 Å². The van der Waals surface area contributed by atoms with Crippen LogP contribution in [0.4, 0.5) is 0 Å². The number of hydrogen-bond donors (Lipinski definition) is 1. The lowest BCUT2D eigenvalue weighted by atomic mass is 10.0. The summed E-state index contributed by atoms with van der Waals surface area (Å²) in [5.41, 5.74) is 0.343. The molecular formula is C19H15ClN2O5. The first-order valence-electron chi connectivity index (χ1n) is 7.82. The van der Waals surface area contributed by atoms with Crippen molar-refractivity contribution in [1.29, 1.82) is 0 Å². The monoisotopic (exact) mass is 386 g/mol. The van der Waals surface area contributed by atoms with Crippen LogP contribution in [0.25, 0.3) is 16.9 Å². The van der Waals surface area contributed by atoms with E-state index >= 15 is 0 Å². The molecule has 0 aliphatic carbocycles. The van der Waals surface area contributed by atoms with Crippen LogP contribution < -0.4 is 0 Å². The fourth-order valence-corrected chi connectivity index (χ4v) is 2.94. The van der Waals surface area contributed by atoms with E-state index in [2.05, 4.69) is 5.10 Å². The Labute approximate surface area is 159 Å². The van der Waals surface area contributed by atoms with Crippen LogP contribution in [0.5, 0.6) is 5.75 Å². The SMILES string of the molecule is COC(=O)c1c(-c2c(O)cccc2Cl)nn(-c2ccccc2)c1C(=O)OC. The number of phenols is 1. The van der Waals surface area contributed by atoms with Gasteiger partial charge in [0.25, 0.3) is 0 Å². The number of rotatable bonds is 4. The van der Waals surface area contributed by atoms with Crippen molar-refractivity contribution in [3.8, 4) is 22.7 Å². The first kappa shape index (κ1) is 18.5. The number of aromatic nitrogens is 2. The maximum absolute atomic E-state index is 12.5. The third-order valence-electron chi connectivity index (χ3n) is 3.88. The van der Waals surface area contributed by atoms with Crippen molar-refractivity contribution in [3.63, 3.8) is 0 Å². The molecule has 0 fully saturated rings. The van der Waals surface area contributed by atoms with Crippen LogP contribution in [-0.4, -0.2) is 41.0 Å². The quantitative estimate of drug-likeness (QED) is 0.690. The molecule has 0 aliphatic rings. The van der Waals surface area contributed by atoms with Crippen molar-refractivity contribution >= 4 is 23.5 Å². The zero-order valence-corrected chi connectivity index (χ0v) is 15.2. The Hall–Kier alpha value is -3.32. The molecule has 0 saturated carbocycles. The highest BCUT2D eigenvalue weighted by molar-refractivity contribution is 6.34. The van der Waals surface area contributed by atoms with Gasteiger partial charge in [-0.15, -0.1) is 0 Å². The Morgan fingerprint density at radius 1 is 1.00 bits per heavy atom. The van der Waals surface area contributed by atoms with Gasteiger partial charge in [0.1, 0.15) is 17.0 Å². The zero-order valence-electron chi connectivity index (χ0n) is 14.5. The predicted octanol–water partition coefficient (Wildman–Crippen LogP) is 3.47. The van der Waals surface area contributed by atoms with Crippen molar-refractivity contribution in [2.24, 2.45) is 0 Å². The second-order valence-corrected chi connectivity index (χ2v) is 5.84. The highest BCUT2D eigenvalue weighted by Gasteiger charge is 2.33. The first-order chi connectivity index (χ1) is 13.0. The van der Waals surface area contributed by atoms with Gasteiger partial charge < -0.3 is 14.6 Å². The van der Waals surface area contributed by atoms with Crippen LogP contribution in [0, 0.1) is 0 Å². The smallest absolute Gasteiger partial charge is 0.357 e. The number of benzene rings is 2. The number of halogens is 1. The molecule has 1 N–H and O–H groups in total. The van der Waals surface area contributed by atoms with Crippen molar-refractivity contribution < 1.29 is 24.2 Å². The normalized spacial score (nSPS) is 10.5. The molecule has 1 aromatic heterocycles. The Morgan fingerprint density at radius 2 is 1.67 bits per heavy atom. The van der Waals surface area contributed by atoms with E-state index in [1.807, 2.05) is 0 Å². The summed E-state index contributed by atoms with van der Waals surface area (Å²) >= 11 is 6.23. The molecule has 0 spiro atoms. The number of para-hydroxylation sites is 1. The third-order valence-corrected chi connectivity index (χ3v) is 4.20. The van der Waals surface area contributed by atoms with Gasteiger partial charge in [0.2, 0.25) is 0 Å². The van der Waals surface area contributed by atoms with Gasteiger partial charge in [-0.3, -0.25) is 0 Å². The molecular weight excluding hydrogens is 372 g/mol. The fourth-order valence-electron chi connectivity index (χ4n) is 2.68. The van der Waals surface area contributed by atoms with Crippen molar-refractivity contribution in [1.82, 2.24) is 9.78 Å². The molecule has 0 bridgehead atoms. The summed E-state index contributed by atoms with van der Waals surface area (Å²) in [5, 5.41) is 14.8. The molecule has 1 heterocycles. The van der Waals surface area contributed by atoms with Gasteiger partial charge in [0, 0.05) is 0 Å². The number of phenolic OH excluding ortho intramolecular Hbond substituents is 1. The lowest BCUT2D eigenvalue weighted by Gasteiger charge is -2.07. The summed E-state index contributed by atoms with van der Waals surface area (Å²) in [7, 11) is 2.37. The molecule has 0 aliphatic heterocycles. The van der Waals surface area contributed by atoms with Crippen LogP contribution in [0.2, 0.25) is 5.02 Å². The Bertz CT molecular complexity index is 994. The van der Waals surface area contributed by atoms with Crippen molar-refractivity contribution in [2.45, 2.75) is 0 Å². The highest BCUT2D eigenvalue weighted by Crippen LogP contribution is 2.38. The van der Waals surface area contributed by atoms with Gasteiger partial charge >= 0.3 is 11.9 Å². The van der Waals surface area contributed by atoms with Gasteiger partial charge in [-0.05, 0) is 24.3 Å². The highest BCUT2D eigenvalue weighted by atomic mass is 35.5. The van der Waals surface area contributed by atoms with Gasteiger partial charge in [-0.1, -0.05) is 35.9 Å².